The summed E-state index contributed by atoms with van der Waals surface area (Å²) in [5.41, 5.74) is 0. The number of rotatable bonds is 4. The van der Waals surface area contributed by atoms with Crippen LogP contribution in [-0.4, -0.2) is 12.9 Å². The summed E-state index contributed by atoms with van der Waals surface area (Å²) < 4.78 is 88.6. The zero-order valence-electron chi connectivity index (χ0n) is 7.75. The third kappa shape index (κ3) is 15.4. The number of alkyl halides is 4. The highest BCUT2D eigenvalue weighted by molar-refractivity contribution is 4.85. The fourth-order valence-corrected chi connectivity index (χ4v) is 0.384. The minimum atomic E-state index is -2.80. The molecule has 0 aromatic heterocycles. The predicted molar refractivity (Wildman–Crippen MR) is 41.8 cm³/mol. The molecule has 0 unspecified atom stereocenters. The smallest absolute Gasteiger partial charge is 0.213 e. The first-order valence-electron chi connectivity index (χ1n) is 3.79. The molecule has 0 radical (unpaired) electrons. The molecule has 0 bridgehead atoms. The van der Waals surface area contributed by atoms with Gasteiger partial charge in [0, 0.05) is 0 Å². The van der Waals surface area contributed by atoms with Gasteiger partial charge in [0.05, 0.1) is 12.8 Å². The van der Waals surface area contributed by atoms with Crippen LogP contribution in [0.2, 0.25) is 0 Å². The molecule has 0 rings (SSSR count). The van der Waals surface area contributed by atoms with Gasteiger partial charge in [0.1, 0.15) is 24.3 Å². The van der Waals surface area contributed by atoms with Crippen molar-refractivity contribution in [3.63, 3.8) is 0 Å². The summed E-state index contributed by atoms with van der Waals surface area (Å²) in [6.45, 7) is 0. The Morgan fingerprint density at radius 3 is 1.06 bits per heavy atom. The molecular formula is C8H8F8. The van der Waals surface area contributed by atoms with Crippen LogP contribution in [0, 0.1) is 0 Å². The van der Waals surface area contributed by atoms with Gasteiger partial charge in [0.15, 0.2) is 0 Å². The molecule has 0 saturated heterocycles. The van der Waals surface area contributed by atoms with Gasteiger partial charge in [-0.3, -0.25) is 0 Å². The maximum absolute atomic E-state index is 11.4. The minimum absolute atomic E-state index is 0.466. The Hall–Kier alpha value is -1.08. The quantitative estimate of drug-likeness (QED) is 0.631. The van der Waals surface area contributed by atoms with Crippen LogP contribution >= 0.6 is 0 Å². The summed E-state index contributed by atoms with van der Waals surface area (Å²) in [7, 11) is 0. The van der Waals surface area contributed by atoms with Crippen molar-refractivity contribution >= 4 is 0 Å². The van der Waals surface area contributed by atoms with Crippen molar-refractivity contribution in [2.24, 2.45) is 0 Å². The first-order chi connectivity index (χ1) is 7.33. The van der Waals surface area contributed by atoms with E-state index in [0.717, 1.165) is 0 Å². The molecule has 0 heterocycles. The van der Waals surface area contributed by atoms with Crippen molar-refractivity contribution < 1.29 is 35.1 Å². The van der Waals surface area contributed by atoms with Crippen LogP contribution in [0.5, 0.6) is 0 Å². The maximum atomic E-state index is 11.4. The molecule has 0 spiro atoms. The van der Waals surface area contributed by atoms with E-state index in [-0.39, 0.29) is 0 Å². The predicted octanol–water partition coefficient (Wildman–Crippen LogP) is 4.84. The Balaban J connectivity index is 0. The highest BCUT2D eigenvalue weighted by Crippen LogP contribution is 2.10. The van der Waals surface area contributed by atoms with Crippen LogP contribution in [-0.2, 0) is 0 Å². The van der Waals surface area contributed by atoms with Gasteiger partial charge in [-0.05, 0) is 0 Å². The first-order valence-corrected chi connectivity index (χ1v) is 3.79. The van der Waals surface area contributed by atoms with Gasteiger partial charge in [-0.2, -0.15) is 0 Å². The van der Waals surface area contributed by atoms with Crippen molar-refractivity contribution in [3.8, 4) is 0 Å². The van der Waals surface area contributed by atoms with Gasteiger partial charge in [-0.25, -0.2) is 35.1 Å². The average Bonchev–Trinajstić information content (AvgIpc) is 2.16. The van der Waals surface area contributed by atoms with Crippen LogP contribution in [0.3, 0.4) is 0 Å². The van der Waals surface area contributed by atoms with E-state index in [2.05, 4.69) is 0 Å². The van der Waals surface area contributed by atoms with Gasteiger partial charge >= 0.3 is 0 Å². The Labute approximate surface area is 86.2 Å². The summed E-state index contributed by atoms with van der Waals surface area (Å²) in [6, 6.07) is 0. The van der Waals surface area contributed by atoms with Gasteiger partial charge in [0.2, 0.25) is 12.9 Å². The molecule has 8 heteroatoms. The van der Waals surface area contributed by atoms with Crippen molar-refractivity contribution in [1.29, 1.82) is 0 Å². The second-order valence-electron chi connectivity index (χ2n) is 2.30. The molecule has 96 valence electrons. The molecular weight excluding hydrogens is 248 g/mol. The topological polar surface area (TPSA) is 0 Å². The third-order valence-corrected chi connectivity index (χ3v) is 0.935. The summed E-state index contributed by atoms with van der Waals surface area (Å²) in [5.74, 6) is -2.83. The maximum Gasteiger partial charge on any atom is 0.244 e. The fraction of sp³-hybridized carbons (Fsp3) is 0.500. The number of halogens is 8. The highest BCUT2D eigenvalue weighted by atomic mass is 19.3. The van der Waals surface area contributed by atoms with E-state index in [9.17, 15) is 35.1 Å². The van der Waals surface area contributed by atoms with E-state index >= 15 is 0 Å². The lowest BCUT2D eigenvalue weighted by Crippen LogP contribution is -1.88. The van der Waals surface area contributed by atoms with E-state index in [1.54, 1.807) is 0 Å². The first kappa shape index (κ1) is 17.3. The summed E-state index contributed by atoms with van der Waals surface area (Å²) in [5, 5.41) is 0. The van der Waals surface area contributed by atoms with E-state index in [1.165, 1.54) is 0 Å². The van der Waals surface area contributed by atoms with E-state index in [4.69, 9.17) is 0 Å². The fourth-order valence-electron chi connectivity index (χ4n) is 0.384. The Kier molecular flexibility index (Phi) is 11.3. The van der Waals surface area contributed by atoms with Crippen LogP contribution < -0.4 is 0 Å². The van der Waals surface area contributed by atoms with E-state index in [1.807, 2.05) is 0 Å². The van der Waals surface area contributed by atoms with Crippen molar-refractivity contribution in [2.45, 2.75) is 25.7 Å². The molecule has 0 aliphatic rings. The average molecular weight is 256 g/mol. The number of hydrogen-bond donors (Lipinski definition) is 0. The van der Waals surface area contributed by atoms with E-state index < -0.39 is 50.0 Å². The zero-order valence-corrected chi connectivity index (χ0v) is 7.75. The van der Waals surface area contributed by atoms with Crippen molar-refractivity contribution in [2.75, 3.05) is 0 Å². The second kappa shape index (κ2) is 10.4. The van der Waals surface area contributed by atoms with Gasteiger partial charge in [-0.15, -0.1) is 0 Å². The zero-order chi connectivity index (χ0) is 13.1. The molecule has 0 aliphatic carbocycles. The third-order valence-electron chi connectivity index (χ3n) is 0.935. The van der Waals surface area contributed by atoms with Crippen molar-refractivity contribution in [3.05, 3.63) is 24.3 Å². The molecule has 0 fully saturated rings. The lowest BCUT2D eigenvalue weighted by Gasteiger charge is -1.90. The molecule has 0 aromatic carbocycles. The standard InChI is InChI=1S/2C4H4F4/c2*5-2-3(6)1-4(7)8/h2*2,4H,1H2. The van der Waals surface area contributed by atoms with Crippen LogP contribution in [0.25, 0.3) is 0 Å². The van der Waals surface area contributed by atoms with Gasteiger partial charge in [-0.1, -0.05) is 0 Å². The minimum Gasteiger partial charge on any atom is -0.213 e. The van der Waals surface area contributed by atoms with Crippen LogP contribution in [0.15, 0.2) is 24.3 Å². The SMILES string of the molecule is FC=C(F)CC(F)F.FC=C(F)CC(F)F. The lowest BCUT2D eigenvalue weighted by atomic mass is 10.4. The molecule has 0 N–H and O–H groups in total. The molecule has 16 heavy (non-hydrogen) atoms. The molecule has 0 saturated carbocycles. The van der Waals surface area contributed by atoms with E-state index in [0.29, 0.717) is 0 Å². The second-order valence-corrected chi connectivity index (χ2v) is 2.30. The number of hydrogen-bond acceptors (Lipinski definition) is 0. The van der Waals surface area contributed by atoms with Crippen molar-refractivity contribution in [1.82, 2.24) is 0 Å². The highest BCUT2D eigenvalue weighted by Gasteiger charge is 2.05. The molecule has 0 amide bonds. The van der Waals surface area contributed by atoms with Gasteiger partial charge < -0.3 is 0 Å². The Bertz CT molecular complexity index is 196. The van der Waals surface area contributed by atoms with Crippen LogP contribution in [0.1, 0.15) is 12.8 Å². The molecule has 0 aliphatic heterocycles. The summed E-state index contributed by atoms with van der Waals surface area (Å²) in [4.78, 5) is 0. The summed E-state index contributed by atoms with van der Waals surface area (Å²) >= 11 is 0. The summed E-state index contributed by atoms with van der Waals surface area (Å²) in [6.07, 6.45) is -8.80. The largest absolute Gasteiger partial charge is 0.244 e. The van der Waals surface area contributed by atoms with Gasteiger partial charge in [0.25, 0.3) is 0 Å². The molecule has 0 atom stereocenters. The Morgan fingerprint density at radius 1 is 0.750 bits per heavy atom. The molecule has 0 aromatic rings. The lowest BCUT2D eigenvalue weighted by molar-refractivity contribution is 0.140. The Morgan fingerprint density at radius 2 is 1.00 bits per heavy atom. The molecule has 0 nitrogen and oxygen atoms in total. The normalized spacial score (nSPS) is 12.9. The number of allylic oxidation sites excluding steroid dienone is 2. The van der Waals surface area contributed by atoms with Crippen LogP contribution in [0.4, 0.5) is 35.1 Å². The monoisotopic (exact) mass is 256 g/mol.